The first kappa shape index (κ1) is 23.0. The van der Waals surface area contributed by atoms with Crippen molar-refractivity contribution in [1.29, 1.82) is 0 Å². The molecule has 3 heterocycles. The number of carbonyl (C=O) groups is 3. The molecular formula is C26H32N4O3. The van der Waals surface area contributed by atoms with Crippen LogP contribution in [0.25, 0.3) is 0 Å². The standard InChI is InChI=1S/C26H32N4O3/c1-17-7-5-8-19(13-17)15-20-14-18(2)27-21(16-20)22-9-6-11-29(22)23(31)10-12-30-24(32)26(3,4)28-25(30)33/h5,7-8,13-14,16,22H,6,9-12,15H2,1-4H3,(H,28,33)/t22-/m0/s1. The maximum atomic E-state index is 13.1. The number of amides is 4. The Kier molecular flexibility index (Phi) is 6.23. The third kappa shape index (κ3) is 4.92. The van der Waals surface area contributed by atoms with E-state index in [-0.39, 0.29) is 30.8 Å². The van der Waals surface area contributed by atoms with E-state index in [1.54, 1.807) is 13.8 Å². The van der Waals surface area contributed by atoms with E-state index in [0.29, 0.717) is 6.54 Å². The lowest BCUT2D eigenvalue weighted by atomic mass is 10.0. The van der Waals surface area contributed by atoms with E-state index in [2.05, 4.69) is 48.6 Å². The molecule has 0 aliphatic carbocycles. The number of aromatic nitrogens is 1. The number of carbonyl (C=O) groups excluding carboxylic acids is 3. The van der Waals surface area contributed by atoms with E-state index in [4.69, 9.17) is 4.98 Å². The zero-order chi connectivity index (χ0) is 23.8. The van der Waals surface area contributed by atoms with Crippen molar-refractivity contribution in [2.45, 2.75) is 65.0 Å². The quantitative estimate of drug-likeness (QED) is 0.684. The van der Waals surface area contributed by atoms with E-state index >= 15 is 0 Å². The van der Waals surface area contributed by atoms with E-state index in [1.165, 1.54) is 16.7 Å². The summed E-state index contributed by atoms with van der Waals surface area (Å²) in [5, 5.41) is 2.66. The number of rotatable bonds is 6. The molecule has 1 aromatic heterocycles. The summed E-state index contributed by atoms with van der Waals surface area (Å²) < 4.78 is 0. The first-order valence-electron chi connectivity index (χ1n) is 11.6. The number of likely N-dealkylation sites (tertiary alicyclic amines) is 1. The van der Waals surface area contributed by atoms with Gasteiger partial charge in [0.05, 0.1) is 11.7 Å². The molecule has 2 aliphatic rings. The van der Waals surface area contributed by atoms with E-state index in [1.807, 2.05) is 11.8 Å². The fourth-order valence-corrected chi connectivity index (χ4v) is 4.84. The average Bonchev–Trinajstić information content (AvgIpc) is 3.29. The fourth-order valence-electron chi connectivity index (χ4n) is 4.84. The first-order valence-corrected chi connectivity index (χ1v) is 11.6. The van der Waals surface area contributed by atoms with Gasteiger partial charge in [-0.05, 0) is 70.2 Å². The number of pyridine rings is 1. The summed E-state index contributed by atoms with van der Waals surface area (Å²) in [6, 6.07) is 12.2. The van der Waals surface area contributed by atoms with Gasteiger partial charge >= 0.3 is 6.03 Å². The minimum absolute atomic E-state index is 0.0497. The van der Waals surface area contributed by atoms with Crippen LogP contribution in [0.15, 0.2) is 36.4 Å². The van der Waals surface area contributed by atoms with E-state index in [9.17, 15) is 14.4 Å². The van der Waals surface area contributed by atoms with E-state index in [0.717, 1.165) is 35.6 Å². The molecular weight excluding hydrogens is 416 g/mol. The summed E-state index contributed by atoms with van der Waals surface area (Å²) in [7, 11) is 0. The third-order valence-electron chi connectivity index (χ3n) is 6.43. The number of hydrogen-bond acceptors (Lipinski definition) is 4. The predicted octanol–water partition coefficient (Wildman–Crippen LogP) is 3.67. The van der Waals surface area contributed by atoms with Gasteiger partial charge in [-0.25, -0.2) is 4.79 Å². The summed E-state index contributed by atoms with van der Waals surface area (Å²) in [5.41, 5.74) is 4.61. The number of imide groups is 1. The molecule has 2 aliphatic heterocycles. The summed E-state index contributed by atoms with van der Waals surface area (Å²) in [6.45, 7) is 8.18. The van der Waals surface area contributed by atoms with Crippen molar-refractivity contribution < 1.29 is 14.4 Å². The topological polar surface area (TPSA) is 82.6 Å². The Balaban J connectivity index is 1.46. The molecule has 0 bridgehead atoms. The molecule has 2 fully saturated rings. The van der Waals surface area contributed by atoms with Crippen molar-refractivity contribution in [2.75, 3.05) is 13.1 Å². The van der Waals surface area contributed by atoms with Crippen molar-refractivity contribution in [3.63, 3.8) is 0 Å². The van der Waals surface area contributed by atoms with Crippen molar-refractivity contribution in [2.24, 2.45) is 0 Å². The van der Waals surface area contributed by atoms with Gasteiger partial charge in [0.15, 0.2) is 0 Å². The SMILES string of the molecule is Cc1cccc(Cc2cc(C)nc([C@@H]3CCCN3C(=O)CCN3C(=O)NC(C)(C)C3=O)c2)c1. The lowest BCUT2D eigenvalue weighted by Crippen LogP contribution is -2.41. The molecule has 4 rings (SSSR count). The molecule has 7 nitrogen and oxygen atoms in total. The largest absolute Gasteiger partial charge is 0.334 e. The number of nitrogens with one attached hydrogen (secondary N) is 1. The Morgan fingerprint density at radius 2 is 1.94 bits per heavy atom. The molecule has 0 radical (unpaired) electrons. The maximum Gasteiger partial charge on any atom is 0.325 e. The molecule has 0 saturated carbocycles. The molecule has 1 N–H and O–H groups in total. The lowest BCUT2D eigenvalue weighted by molar-refractivity contribution is -0.134. The van der Waals surface area contributed by atoms with Crippen LogP contribution in [-0.4, -0.2) is 51.3 Å². The fraction of sp³-hybridized carbons (Fsp3) is 0.462. The van der Waals surface area contributed by atoms with E-state index < -0.39 is 11.6 Å². The highest BCUT2D eigenvalue weighted by molar-refractivity contribution is 6.06. The van der Waals surface area contributed by atoms with Crippen LogP contribution in [0.2, 0.25) is 0 Å². The Hall–Kier alpha value is -3.22. The van der Waals surface area contributed by atoms with Crippen LogP contribution in [0, 0.1) is 13.8 Å². The summed E-state index contributed by atoms with van der Waals surface area (Å²) in [4.78, 5) is 45.4. The molecule has 0 spiro atoms. The Morgan fingerprint density at radius 3 is 2.64 bits per heavy atom. The lowest BCUT2D eigenvalue weighted by Gasteiger charge is -2.26. The van der Waals surface area contributed by atoms with Gasteiger partial charge in [-0.1, -0.05) is 29.8 Å². The maximum absolute atomic E-state index is 13.1. The normalized spacial score (nSPS) is 19.8. The second-order valence-electron chi connectivity index (χ2n) is 9.71. The monoisotopic (exact) mass is 448 g/mol. The molecule has 4 amide bonds. The summed E-state index contributed by atoms with van der Waals surface area (Å²) >= 11 is 0. The minimum atomic E-state index is -0.921. The van der Waals surface area contributed by atoms with Crippen LogP contribution >= 0.6 is 0 Å². The summed E-state index contributed by atoms with van der Waals surface area (Å²) in [5.74, 6) is -0.342. The zero-order valence-electron chi connectivity index (χ0n) is 19.9. The van der Waals surface area contributed by atoms with Crippen molar-refractivity contribution in [3.05, 3.63) is 64.5 Å². The molecule has 2 aromatic rings. The van der Waals surface area contributed by atoms with Gasteiger partial charge in [0.25, 0.3) is 5.91 Å². The van der Waals surface area contributed by atoms with Crippen molar-refractivity contribution in [3.8, 4) is 0 Å². The van der Waals surface area contributed by atoms with Crippen molar-refractivity contribution in [1.82, 2.24) is 20.1 Å². The highest BCUT2D eigenvalue weighted by atomic mass is 16.2. The van der Waals surface area contributed by atoms with Gasteiger partial charge in [-0.3, -0.25) is 19.5 Å². The molecule has 0 unspecified atom stereocenters. The highest BCUT2D eigenvalue weighted by Gasteiger charge is 2.44. The molecule has 33 heavy (non-hydrogen) atoms. The van der Waals surface area contributed by atoms with Crippen molar-refractivity contribution >= 4 is 17.8 Å². The summed E-state index contributed by atoms with van der Waals surface area (Å²) in [6.07, 6.45) is 2.71. The minimum Gasteiger partial charge on any atom is -0.334 e. The molecule has 174 valence electrons. The van der Waals surface area contributed by atoms with Gasteiger partial charge in [-0.15, -0.1) is 0 Å². The van der Waals surface area contributed by atoms with Gasteiger partial charge < -0.3 is 10.2 Å². The number of urea groups is 1. The molecule has 2 saturated heterocycles. The van der Waals surface area contributed by atoms with Crippen LogP contribution in [0.3, 0.4) is 0 Å². The number of nitrogens with zero attached hydrogens (tertiary/aromatic N) is 3. The Bertz CT molecular complexity index is 1090. The van der Waals surface area contributed by atoms with Crippen LogP contribution in [-0.2, 0) is 16.0 Å². The van der Waals surface area contributed by atoms with Gasteiger partial charge in [0.1, 0.15) is 5.54 Å². The van der Waals surface area contributed by atoms with Crippen LogP contribution in [0.5, 0.6) is 0 Å². The number of benzene rings is 1. The predicted molar refractivity (Wildman–Crippen MR) is 126 cm³/mol. The Morgan fingerprint density at radius 1 is 1.15 bits per heavy atom. The Labute approximate surface area is 195 Å². The number of aryl methyl sites for hydroxylation is 2. The smallest absolute Gasteiger partial charge is 0.325 e. The zero-order valence-corrected chi connectivity index (χ0v) is 19.9. The van der Waals surface area contributed by atoms with Crippen LogP contribution in [0.4, 0.5) is 4.79 Å². The third-order valence-corrected chi connectivity index (χ3v) is 6.43. The molecule has 1 aromatic carbocycles. The van der Waals surface area contributed by atoms with Gasteiger partial charge in [-0.2, -0.15) is 0 Å². The highest BCUT2D eigenvalue weighted by Crippen LogP contribution is 2.32. The van der Waals surface area contributed by atoms with Crippen LogP contribution < -0.4 is 5.32 Å². The molecule has 7 heteroatoms. The van der Waals surface area contributed by atoms with Crippen LogP contribution in [0.1, 0.15) is 67.2 Å². The molecule has 1 atom stereocenters. The first-order chi connectivity index (χ1) is 15.6. The van der Waals surface area contributed by atoms with Gasteiger partial charge in [0, 0.05) is 25.2 Å². The second kappa shape index (κ2) is 8.96. The number of hydrogen-bond donors (Lipinski definition) is 1. The average molecular weight is 449 g/mol. The second-order valence-corrected chi connectivity index (χ2v) is 9.71. The van der Waals surface area contributed by atoms with Gasteiger partial charge in [0.2, 0.25) is 5.91 Å².